The summed E-state index contributed by atoms with van der Waals surface area (Å²) in [4.78, 5) is 4.46. The third-order valence-corrected chi connectivity index (χ3v) is 3.47. The first kappa shape index (κ1) is 12.3. The van der Waals surface area contributed by atoms with Crippen molar-refractivity contribution >= 4 is 0 Å². The van der Waals surface area contributed by atoms with E-state index in [0.29, 0.717) is 0 Å². The van der Waals surface area contributed by atoms with Crippen LogP contribution in [0.3, 0.4) is 0 Å². The van der Waals surface area contributed by atoms with Crippen molar-refractivity contribution in [1.82, 2.24) is 10.3 Å². The highest BCUT2D eigenvalue weighted by Crippen LogP contribution is 2.17. The minimum absolute atomic E-state index is 0.814. The predicted molar refractivity (Wildman–Crippen MR) is 71.8 cm³/mol. The largest absolute Gasteiger partial charge is 0.311 e. The van der Waals surface area contributed by atoms with E-state index in [1.54, 1.807) is 0 Å². The smallest absolute Gasteiger partial charge is 0.0573 e. The van der Waals surface area contributed by atoms with Crippen LogP contribution in [-0.4, -0.2) is 11.5 Å². The van der Waals surface area contributed by atoms with Gasteiger partial charge in [0.2, 0.25) is 0 Å². The summed E-state index contributed by atoms with van der Waals surface area (Å²) in [5, 5.41) is 3.55. The minimum atomic E-state index is 0.814. The van der Waals surface area contributed by atoms with Gasteiger partial charge >= 0.3 is 0 Å². The highest BCUT2D eigenvalue weighted by molar-refractivity contribution is 5.19. The lowest BCUT2D eigenvalue weighted by Crippen LogP contribution is -2.24. The van der Waals surface area contributed by atoms with E-state index in [0.717, 1.165) is 25.4 Å². The van der Waals surface area contributed by atoms with Crippen LogP contribution >= 0.6 is 0 Å². The standard InChI is InChI=1S/C15H22N2/c1-2-14-9-6-10-17-15(14)12-16-11-13-7-4-3-5-8-13/h3-4,6,9-10,13,16H,2,5,7-8,11-12H2,1H3. The second-order valence-electron chi connectivity index (χ2n) is 4.74. The molecule has 0 amide bonds. The summed E-state index contributed by atoms with van der Waals surface area (Å²) in [5.41, 5.74) is 2.57. The average molecular weight is 230 g/mol. The van der Waals surface area contributed by atoms with E-state index in [2.05, 4.69) is 35.4 Å². The number of hydrogen-bond acceptors (Lipinski definition) is 2. The molecule has 0 fully saturated rings. The minimum Gasteiger partial charge on any atom is -0.311 e. The molecule has 1 aromatic heterocycles. The maximum absolute atomic E-state index is 4.46. The molecule has 1 unspecified atom stereocenters. The molecular formula is C15H22N2. The maximum Gasteiger partial charge on any atom is 0.0573 e. The number of aryl methyl sites for hydroxylation is 1. The van der Waals surface area contributed by atoms with Crippen LogP contribution in [-0.2, 0) is 13.0 Å². The molecule has 1 N–H and O–H groups in total. The van der Waals surface area contributed by atoms with Crippen molar-refractivity contribution in [3.63, 3.8) is 0 Å². The van der Waals surface area contributed by atoms with Gasteiger partial charge in [-0.15, -0.1) is 0 Å². The summed E-state index contributed by atoms with van der Waals surface area (Å²) < 4.78 is 0. The molecule has 2 nitrogen and oxygen atoms in total. The van der Waals surface area contributed by atoms with Crippen molar-refractivity contribution in [2.45, 2.75) is 39.2 Å². The van der Waals surface area contributed by atoms with Gasteiger partial charge in [-0.1, -0.05) is 25.1 Å². The van der Waals surface area contributed by atoms with E-state index in [9.17, 15) is 0 Å². The number of pyridine rings is 1. The van der Waals surface area contributed by atoms with Gasteiger partial charge < -0.3 is 5.32 Å². The molecule has 92 valence electrons. The first-order chi connectivity index (χ1) is 8.40. The van der Waals surface area contributed by atoms with Crippen LogP contribution in [0.5, 0.6) is 0 Å². The molecule has 0 radical (unpaired) electrons. The van der Waals surface area contributed by atoms with Crippen molar-refractivity contribution in [2.75, 3.05) is 6.54 Å². The quantitative estimate of drug-likeness (QED) is 0.786. The van der Waals surface area contributed by atoms with Gasteiger partial charge in [0.15, 0.2) is 0 Å². The molecule has 2 heteroatoms. The number of allylic oxidation sites excluding steroid dienone is 2. The molecular weight excluding hydrogens is 208 g/mol. The van der Waals surface area contributed by atoms with Crippen molar-refractivity contribution < 1.29 is 0 Å². The van der Waals surface area contributed by atoms with Gasteiger partial charge in [-0.05, 0) is 49.8 Å². The highest BCUT2D eigenvalue weighted by atomic mass is 14.9. The van der Waals surface area contributed by atoms with Gasteiger partial charge in [0.1, 0.15) is 0 Å². The monoisotopic (exact) mass is 230 g/mol. The molecule has 0 aromatic carbocycles. The second-order valence-corrected chi connectivity index (χ2v) is 4.74. The Morgan fingerprint density at radius 1 is 1.41 bits per heavy atom. The zero-order valence-electron chi connectivity index (χ0n) is 10.7. The Balaban J connectivity index is 1.79. The van der Waals surface area contributed by atoms with E-state index < -0.39 is 0 Å². The second kappa shape index (κ2) is 6.55. The molecule has 1 atom stereocenters. The Bertz CT molecular complexity index is 371. The molecule has 2 rings (SSSR count). The summed E-state index contributed by atoms with van der Waals surface area (Å²) in [7, 11) is 0. The molecule has 0 aliphatic heterocycles. The van der Waals surface area contributed by atoms with Crippen LogP contribution in [0.25, 0.3) is 0 Å². The van der Waals surface area contributed by atoms with Gasteiger partial charge in [-0.2, -0.15) is 0 Å². The Morgan fingerprint density at radius 2 is 2.35 bits per heavy atom. The van der Waals surface area contributed by atoms with Crippen LogP contribution in [0.4, 0.5) is 0 Å². The molecule has 0 bridgehead atoms. The van der Waals surface area contributed by atoms with Gasteiger partial charge in [0.25, 0.3) is 0 Å². The lowest BCUT2D eigenvalue weighted by Gasteiger charge is -2.18. The van der Waals surface area contributed by atoms with Gasteiger partial charge in [-0.25, -0.2) is 0 Å². The summed E-state index contributed by atoms with van der Waals surface area (Å²) >= 11 is 0. The van der Waals surface area contributed by atoms with Crippen molar-refractivity contribution in [3.8, 4) is 0 Å². The van der Waals surface area contributed by atoms with E-state index in [4.69, 9.17) is 0 Å². The van der Waals surface area contributed by atoms with Gasteiger partial charge in [0, 0.05) is 12.7 Å². The van der Waals surface area contributed by atoms with Crippen LogP contribution in [0.2, 0.25) is 0 Å². The van der Waals surface area contributed by atoms with E-state index in [1.165, 1.54) is 30.5 Å². The summed E-state index contributed by atoms with van der Waals surface area (Å²) in [5.74, 6) is 0.814. The lowest BCUT2D eigenvalue weighted by molar-refractivity contribution is 0.438. The molecule has 1 aromatic rings. The Kier molecular flexibility index (Phi) is 4.75. The first-order valence-corrected chi connectivity index (χ1v) is 6.68. The van der Waals surface area contributed by atoms with E-state index in [-0.39, 0.29) is 0 Å². The SMILES string of the molecule is CCc1cccnc1CNCC1CC=CCC1. The summed E-state index contributed by atoms with van der Waals surface area (Å²) in [6.07, 6.45) is 11.4. The number of aromatic nitrogens is 1. The van der Waals surface area contributed by atoms with Crippen LogP contribution in [0.15, 0.2) is 30.5 Å². The number of nitrogens with zero attached hydrogens (tertiary/aromatic N) is 1. The Labute approximate surface area is 104 Å². The zero-order chi connectivity index (χ0) is 11.9. The fraction of sp³-hybridized carbons (Fsp3) is 0.533. The van der Waals surface area contributed by atoms with Crippen molar-refractivity contribution in [3.05, 3.63) is 41.7 Å². The predicted octanol–water partition coefficient (Wildman–Crippen LogP) is 3.09. The Morgan fingerprint density at radius 3 is 3.12 bits per heavy atom. The molecule has 1 aliphatic rings. The van der Waals surface area contributed by atoms with E-state index in [1.807, 2.05) is 12.3 Å². The molecule has 17 heavy (non-hydrogen) atoms. The third kappa shape index (κ3) is 3.67. The summed E-state index contributed by atoms with van der Waals surface area (Å²) in [6.45, 7) is 4.21. The van der Waals surface area contributed by atoms with Crippen LogP contribution < -0.4 is 5.32 Å². The van der Waals surface area contributed by atoms with E-state index >= 15 is 0 Å². The van der Waals surface area contributed by atoms with Gasteiger partial charge in [-0.3, -0.25) is 4.98 Å². The number of hydrogen-bond donors (Lipinski definition) is 1. The average Bonchev–Trinajstić information content (AvgIpc) is 2.40. The number of nitrogens with one attached hydrogen (secondary N) is 1. The number of rotatable bonds is 5. The molecule has 0 saturated heterocycles. The van der Waals surface area contributed by atoms with Gasteiger partial charge in [0.05, 0.1) is 5.69 Å². The van der Waals surface area contributed by atoms with Crippen molar-refractivity contribution in [2.24, 2.45) is 5.92 Å². The summed E-state index contributed by atoms with van der Waals surface area (Å²) in [6, 6.07) is 4.20. The highest BCUT2D eigenvalue weighted by Gasteiger charge is 2.09. The van der Waals surface area contributed by atoms with Crippen LogP contribution in [0.1, 0.15) is 37.4 Å². The van der Waals surface area contributed by atoms with Crippen LogP contribution in [0, 0.1) is 5.92 Å². The Hall–Kier alpha value is -1.15. The third-order valence-electron chi connectivity index (χ3n) is 3.47. The molecule has 0 saturated carbocycles. The molecule has 0 spiro atoms. The fourth-order valence-corrected chi connectivity index (χ4v) is 2.39. The van der Waals surface area contributed by atoms with Crippen molar-refractivity contribution in [1.29, 1.82) is 0 Å². The first-order valence-electron chi connectivity index (χ1n) is 6.68. The normalized spacial score (nSPS) is 19.5. The topological polar surface area (TPSA) is 24.9 Å². The molecule has 1 aliphatic carbocycles. The maximum atomic E-state index is 4.46. The zero-order valence-corrected chi connectivity index (χ0v) is 10.7. The molecule has 1 heterocycles. The fourth-order valence-electron chi connectivity index (χ4n) is 2.39. The lowest BCUT2D eigenvalue weighted by atomic mass is 9.94.